The summed E-state index contributed by atoms with van der Waals surface area (Å²) in [6.07, 6.45) is -2.73. The number of carbonyl (C=O) groups excluding carboxylic acids is 1. The molecule has 4 nitrogen and oxygen atoms in total. The van der Waals surface area contributed by atoms with E-state index in [9.17, 15) is 18.0 Å². The Labute approximate surface area is 134 Å². The van der Waals surface area contributed by atoms with Crippen molar-refractivity contribution in [3.63, 3.8) is 0 Å². The molecule has 1 fully saturated rings. The second-order valence-electron chi connectivity index (χ2n) is 5.88. The summed E-state index contributed by atoms with van der Waals surface area (Å²) in [5, 5.41) is 5.50. The molecule has 1 aliphatic rings. The van der Waals surface area contributed by atoms with E-state index in [1.54, 1.807) is 0 Å². The molecule has 0 aliphatic carbocycles. The third-order valence-corrected chi connectivity index (χ3v) is 3.87. The number of halogens is 3. The van der Waals surface area contributed by atoms with Crippen LogP contribution in [0.4, 0.5) is 18.0 Å². The first-order chi connectivity index (χ1) is 10.9. The van der Waals surface area contributed by atoms with Gasteiger partial charge in [-0.3, -0.25) is 4.90 Å². The number of likely N-dealkylation sites (tertiary alicyclic amines) is 1. The minimum absolute atomic E-state index is 0.0808. The average Bonchev–Trinajstić information content (AvgIpc) is 2.92. The summed E-state index contributed by atoms with van der Waals surface area (Å²) in [6.45, 7) is 0.879. The molecule has 0 radical (unpaired) electrons. The Hall–Kier alpha value is -1.76. The molecular weight excluding hydrogens is 307 g/mol. The summed E-state index contributed by atoms with van der Waals surface area (Å²) in [5.41, 5.74) is 1.14. The lowest BCUT2D eigenvalue weighted by Crippen LogP contribution is -2.40. The van der Waals surface area contributed by atoms with Crippen LogP contribution >= 0.6 is 0 Å². The number of alkyl halides is 3. The predicted octanol–water partition coefficient (Wildman–Crippen LogP) is 2.41. The highest BCUT2D eigenvalue weighted by molar-refractivity contribution is 5.73. The van der Waals surface area contributed by atoms with E-state index in [2.05, 4.69) is 10.6 Å². The quantitative estimate of drug-likeness (QED) is 0.842. The number of hydrogen-bond donors (Lipinski definition) is 2. The zero-order valence-corrected chi connectivity index (χ0v) is 12.9. The summed E-state index contributed by atoms with van der Waals surface area (Å²) < 4.78 is 36.9. The van der Waals surface area contributed by atoms with Gasteiger partial charge in [-0.25, -0.2) is 4.79 Å². The smallest absolute Gasteiger partial charge is 0.338 e. The molecule has 2 N–H and O–H groups in total. The molecule has 0 aromatic heterocycles. The highest BCUT2D eigenvalue weighted by atomic mass is 19.4. The number of benzene rings is 1. The first kappa shape index (κ1) is 17.6. The van der Waals surface area contributed by atoms with Gasteiger partial charge in [0.05, 0.1) is 6.54 Å². The van der Waals surface area contributed by atoms with Crippen molar-refractivity contribution in [3.05, 3.63) is 35.9 Å². The van der Waals surface area contributed by atoms with Crippen molar-refractivity contribution in [3.8, 4) is 0 Å². The highest BCUT2D eigenvalue weighted by Gasteiger charge is 2.34. The fourth-order valence-electron chi connectivity index (χ4n) is 2.74. The van der Waals surface area contributed by atoms with Gasteiger partial charge in [0.15, 0.2) is 0 Å². The number of rotatable bonds is 6. The summed E-state index contributed by atoms with van der Waals surface area (Å²) >= 11 is 0. The van der Waals surface area contributed by atoms with E-state index in [1.165, 1.54) is 4.90 Å². The molecule has 23 heavy (non-hydrogen) atoms. The Morgan fingerprint density at radius 2 is 1.96 bits per heavy atom. The van der Waals surface area contributed by atoms with E-state index in [0.29, 0.717) is 32.6 Å². The molecule has 1 heterocycles. The van der Waals surface area contributed by atoms with E-state index in [4.69, 9.17) is 0 Å². The number of urea groups is 1. The SMILES string of the molecule is O=C(NCCc1ccccc1)NCC1CCN(CC(F)(F)F)C1. The average molecular weight is 329 g/mol. The monoisotopic (exact) mass is 329 g/mol. The molecule has 2 rings (SSSR count). The number of nitrogens with zero attached hydrogens (tertiary/aromatic N) is 1. The summed E-state index contributed by atoms with van der Waals surface area (Å²) in [5.74, 6) is 0.0808. The van der Waals surface area contributed by atoms with Crippen molar-refractivity contribution >= 4 is 6.03 Å². The standard InChI is InChI=1S/C16H22F3N3O/c17-16(18,19)12-22-9-7-14(11-22)10-21-15(23)20-8-6-13-4-2-1-3-5-13/h1-5,14H,6-12H2,(H2,20,21,23). The molecule has 128 valence electrons. The molecule has 1 aromatic rings. The van der Waals surface area contributed by atoms with Crippen LogP contribution in [0.3, 0.4) is 0 Å². The van der Waals surface area contributed by atoms with Crippen molar-refractivity contribution in [2.24, 2.45) is 5.92 Å². The molecule has 0 saturated carbocycles. The van der Waals surface area contributed by atoms with Crippen LogP contribution in [0.1, 0.15) is 12.0 Å². The Bertz CT molecular complexity index is 493. The van der Waals surface area contributed by atoms with Gasteiger partial charge in [-0.05, 0) is 30.9 Å². The van der Waals surface area contributed by atoms with Gasteiger partial charge in [0.2, 0.25) is 0 Å². The second-order valence-corrected chi connectivity index (χ2v) is 5.88. The minimum atomic E-state index is -4.16. The Kier molecular flexibility index (Phi) is 6.27. The maximum atomic E-state index is 12.3. The van der Waals surface area contributed by atoms with E-state index in [0.717, 1.165) is 12.0 Å². The van der Waals surface area contributed by atoms with Crippen molar-refractivity contribution < 1.29 is 18.0 Å². The van der Waals surface area contributed by atoms with Gasteiger partial charge in [-0.15, -0.1) is 0 Å². The molecule has 1 saturated heterocycles. The van der Waals surface area contributed by atoms with Crippen molar-refractivity contribution in [2.75, 3.05) is 32.7 Å². The van der Waals surface area contributed by atoms with Gasteiger partial charge >= 0.3 is 12.2 Å². The Morgan fingerprint density at radius 3 is 2.65 bits per heavy atom. The topological polar surface area (TPSA) is 44.4 Å². The van der Waals surface area contributed by atoms with Crippen molar-refractivity contribution in [1.82, 2.24) is 15.5 Å². The lowest BCUT2D eigenvalue weighted by Gasteiger charge is -2.18. The maximum Gasteiger partial charge on any atom is 0.401 e. The van der Waals surface area contributed by atoms with Gasteiger partial charge in [0.25, 0.3) is 0 Å². The first-order valence-corrected chi connectivity index (χ1v) is 7.77. The number of amides is 2. The second kappa shape index (κ2) is 8.19. The van der Waals surface area contributed by atoms with E-state index in [-0.39, 0.29) is 11.9 Å². The Balaban J connectivity index is 1.58. The van der Waals surface area contributed by atoms with Gasteiger partial charge in [-0.2, -0.15) is 13.2 Å². The molecule has 1 aromatic carbocycles. The highest BCUT2D eigenvalue weighted by Crippen LogP contribution is 2.22. The van der Waals surface area contributed by atoms with Crippen LogP contribution in [-0.4, -0.2) is 49.8 Å². The van der Waals surface area contributed by atoms with Crippen LogP contribution in [-0.2, 0) is 6.42 Å². The lowest BCUT2D eigenvalue weighted by molar-refractivity contribution is -0.143. The molecule has 0 bridgehead atoms. The van der Waals surface area contributed by atoms with Gasteiger partial charge in [0, 0.05) is 19.6 Å². The van der Waals surface area contributed by atoms with Crippen LogP contribution in [0.5, 0.6) is 0 Å². The van der Waals surface area contributed by atoms with Crippen LogP contribution in [0.2, 0.25) is 0 Å². The minimum Gasteiger partial charge on any atom is -0.338 e. The van der Waals surface area contributed by atoms with Gasteiger partial charge < -0.3 is 10.6 Å². The first-order valence-electron chi connectivity index (χ1n) is 7.77. The fourth-order valence-corrected chi connectivity index (χ4v) is 2.74. The van der Waals surface area contributed by atoms with Crippen molar-refractivity contribution in [2.45, 2.75) is 19.0 Å². The Morgan fingerprint density at radius 1 is 1.22 bits per heavy atom. The third-order valence-electron chi connectivity index (χ3n) is 3.87. The molecule has 7 heteroatoms. The largest absolute Gasteiger partial charge is 0.401 e. The van der Waals surface area contributed by atoms with Gasteiger partial charge in [0.1, 0.15) is 0 Å². The zero-order chi connectivity index (χ0) is 16.7. The maximum absolute atomic E-state index is 12.3. The molecule has 1 unspecified atom stereocenters. The van der Waals surface area contributed by atoms with Crippen LogP contribution in [0.25, 0.3) is 0 Å². The molecule has 1 aliphatic heterocycles. The number of carbonyl (C=O) groups is 1. The molecular formula is C16H22F3N3O. The molecule has 2 amide bonds. The number of nitrogens with one attached hydrogen (secondary N) is 2. The summed E-state index contributed by atoms with van der Waals surface area (Å²) in [4.78, 5) is 13.1. The van der Waals surface area contributed by atoms with E-state index < -0.39 is 12.7 Å². The van der Waals surface area contributed by atoms with E-state index >= 15 is 0 Å². The molecule has 1 atom stereocenters. The normalized spacial score (nSPS) is 18.8. The summed E-state index contributed by atoms with van der Waals surface area (Å²) in [7, 11) is 0. The lowest BCUT2D eigenvalue weighted by atomic mass is 10.1. The van der Waals surface area contributed by atoms with Crippen LogP contribution in [0, 0.1) is 5.92 Å². The number of hydrogen-bond acceptors (Lipinski definition) is 2. The molecule has 0 spiro atoms. The zero-order valence-electron chi connectivity index (χ0n) is 12.9. The van der Waals surface area contributed by atoms with Crippen LogP contribution in [0.15, 0.2) is 30.3 Å². The summed E-state index contributed by atoms with van der Waals surface area (Å²) in [6, 6.07) is 9.55. The van der Waals surface area contributed by atoms with E-state index in [1.807, 2.05) is 30.3 Å². The van der Waals surface area contributed by atoms with Gasteiger partial charge in [-0.1, -0.05) is 30.3 Å². The van der Waals surface area contributed by atoms with Crippen LogP contribution < -0.4 is 10.6 Å². The van der Waals surface area contributed by atoms with Crippen molar-refractivity contribution in [1.29, 1.82) is 0 Å². The predicted molar refractivity (Wildman–Crippen MR) is 82.1 cm³/mol. The fraction of sp³-hybridized carbons (Fsp3) is 0.562. The third kappa shape index (κ3) is 6.90.